The maximum atomic E-state index is 13.9. The molecule has 0 radical (unpaired) electrons. The van der Waals surface area contributed by atoms with E-state index in [4.69, 9.17) is 11.6 Å². The summed E-state index contributed by atoms with van der Waals surface area (Å²) in [6.45, 7) is 2.45. The molecule has 2 heterocycles. The molecule has 10 heteroatoms. The van der Waals surface area contributed by atoms with E-state index < -0.39 is 10.8 Å². The Kier molecular flexibility index (Phi) is 5.43. The van der Waals surface area contributed by atoms with Gasteiger partial charge in [-0.1, -0.05) is 18.5 Å². The van der Waals surface area contributed by atoms with Crippen LogP contribution in [0.15, 0.2) is 17.4 Å². The second kappa shape index (κ2) is 7.32. The third kappa shape index (κ3) is 4.13. The highest BCUT2D eigenvalue weighted by Crippen LogP contribution is 2.18. The molecule has 0 unspecified atom stereocenters. The van der Waals surface area contributed by atoms with E-state index in [2.05, 4.69) is 10.1 Å². The number of guanidine groups is 1. The van der Waals surface area contributed by atoms with E-state index in [1.807, 2.05) is 6.92 Å². The van der Waals surface area contributed by atoms with Crippen molar-refractivity contribution in [3.63, 3.8) is 0 Å². The Hall–Kier alpha value is -2.29. The second-order valence-corrected chi connectivity index (χ2v) is 5.34. The van der Waals surface area contributed by atoms with Crippen molar-refractivity contribution in [2.24, 2.45) is 5.10 Å². The molecular weight excluding hydrogens is 329 g/mol. The van der Waals surface area contributed by atoms with Crippen LogP contribution in [-0.2, 0) is 11.3 Å². The van der Waals surface area contributed by atoms with Crippen LogP contribution in [0.2, 0.25) is 5.15 Å². The highest BCUT2D eigenvalue weighted by molar-refractivity contribution is 6.29. The zero-order valence-corrected chi connectivity index (χ0v) is 13.2. The van der Waals surface area contributed by atoms with Crippen molar-refractivity contribution >= 4 is 23.5 Å². The fraction of sp³-hybridized carbons (Fsp3) is 0.462. The minimum Gasteiger partial charge on any atom is -0.331 e. The first-order valence-corrected chi connectivity index (χ1v) is 7.38. The standard InChI is InChI=1S/C13H15ClFN5O3/c1-2-3-12(21)19-5-4-18(13(19)17-20(22)23)8-9-7-16-11(14)6-10(9)15/h6-7H,2-5,8H2,1H3/b17-13+. The normalized spacial score (nSPS) is 16.2. The van der Waals surface area contributed by atoms with Crippen LogP contribution in [0.5, 0.6) is 0 Å². The Balaban J connectivity index is 2.23. The number of carbonyl (C=O) groups excluding carboxylic acids is 1. The van der Waals surface area contributed by atoms with E-state index in [-0.39, 0.29) is 42.1 Å². The van der Waals surface area contributed by atoms with Crippen LogP contribution in [0.25, 0.3) is 0 Å². The summed E-state index contributed by atoms with van der Waals surface area (Å²) in [5.41, 5.74) is 0.218. The molecular formula is C13H15ClFN5O3. The third-order valence-electron chi connectivity index (χ3n) is 3.31. The zero-order chi connectivity index (χ0) is 17.0. The Morgan fingerprint density at radius 2 is 2.30 bits per heavy atom. The van der Waals surface area contributed by atoms with Crippen molar-refractivity contribution < 1.29 is 14.2 Å². The molecule has 0 spiro atoms. The van der Waals surface area contributed by atoms with Gasteiger partial charge < -0.3 is 4.90 Å². The maximum Gasteiger partial charge on any atom is 0.281 e. The van der Waals surface area contributed by atoms with Gasteiger partial charge in [0.1, 0.15) is 16.1 Å². The molecule has 1 fully saturated rings. The van der Waals surface area contributed by atoms with Gasteiger partial charge in [-0.3, -0.25) is 9.69 Å². The number of aromatic nitrogens is 1. The lowest BCUT2D eigenvalue weighted by molar-refractivity contribution is -0.486. The fourth-order valence-corrected chi connectivity index (χ4v) is 2.42. The molecule has 1 aromatic rings. The number of nitro groups is 1. The van der Waals surface area contributed by atoms with E-state index in [0.717, 1.165) is 6.07 Å². The number of hydrazone groups is 1. The quantitative estimate of drug-likeness (QED) is 0.462. The van der Waals surface area contributed by atoms with Gasteiger partial charge in [-0.15, -0.1) is 0 Å². The average molecular weight is 344 g/mol. The second-order valence-electron chi connectivity index (χ2n) is 4.95. The van der Waals surface area contributed by atoms with Crippen molar-refractivity contribution in [2.75, 3.05) is 13.1 Å². The van der Waals surface area contributed by atoms with Crippen molar-refractivity contribution in [1.29, 1.82) is 0 Å². The number of pyridine rings is 1. The summed E-state index contributed by atoms with van der Waals surface area (Å²) in [5.74, 6) is -0.892. The van der Waals surface area contributed by atoms with Gasteiger partial charge in [0, 0.05) is 37.3 Å². The smallest absolute Gasteiger partial charge is 0.281 e. The highest BCUT2D eigenvalue weighted by Gasteiger charge is 2.34. The highest BCUT2D eigenvalue weighted by atomic mass is 35.5. The number of hydrogen-bond acceptors (Lipinski definition) is 4. The Labute approximate surface area is 136 Å². The number of amides is 1. The van der Waals surface area contributed by atoms with Gasteiger partial charge in [0.2, 0.25) is 5.91 Å². The SMILES string of the molecule is CCCC(=O)N1CCN(Cc2cnc(Cl)cc2F)/C1=N\[N+](=O)[O-]. The molecule has 0 N–H and O–H groups in total. The summed E-state index contributed by atoms with van der Waals surface area (Å²) < 4.78 is 13.9. The average Bonchev–Trinajstić information content (AvgIpc) is 2.84. The fourth-order valence-electron chi connectivity index (χ4n) is 2.27. The van der Waals surface area contributed by atoms with E-state index in [9.17, 15) is 19.3 Å². The Bertz CT molecular complexity index is 654. The predicted octanol–water partition coefficient (Wildman–Crippen LogP) is 1.87. The lowest BCUT2D eigenvalue weighted by Crippen LogP contribution is -2.38. The van der Waals surface area contributed by atoms with Gasteiger partial charge in [-0.2, -0.15) is 0 Å². The monoisotopic (exact) mass is 343 g/mol. The van der Waals surface area contributed by atoms with E-state index in [1.165, 1.54) is 16.0 Å². The van der Waals surface area contributed by atoms with Crippen LogP contribution in [-0.4, -0.2) is 44.8 Å². The molecule has 8 nitrogen and oxygen atoms in total. The molecule has 1 amide bonds. The van der Waals surface area contributed by atoms with Crippen LogP contribution >= 0.6 is 11.6 Å². The topological polar surface area (TPSA) is 91.9 Å². The van der Waals surface area contributed by atoms with Gasteiger partial charge >= 0.3 is 0 Å². The minimum absolute atomic E-state index is 0.0125. The van der Waals surface area contributed by atoms with Crippen LogP contribution in [0.3, 0.4) is 0 Å². The zero-order valence-electron chi connectivity index (χ0n) is 12.4. The molecule has 1 aliphatic heterocycles. The lowest BCUT2D eigenvalue weighted by Gasteiger charge is -2.19. The number of halogens is 2. The number of carbonyl (C=O) groups is 1. The summed E-state index contributed by atoms with van der Waals surface area (Å²) in [4.78, 5) is 29.3. The van der Waals surface area contributed by atoms with Crippen molar-refractivity contribution in [3.8, 4) is 0 Å². The van der Waals surface area contributed by atoms with E-state index in [1.54, 1.807) is 0 Å². The van der Waals surface area contributed by atoms with Crippen molar-refractivity contribution in [3.05, 3.63) is 38.9 Å². The van der Waals surface area contributed by atoms with Crippen LogP contribution < -0.4 is 0 Å². The molecule has 124 valence electrons. The third-order valence-corrected chi connectivity index (χ3v) is 3.52. The number of hydrogen-bond donors (Lipinski definition) is 0. The lowest BCUT2D eigenvalue weighted by atomic mass is 10.2. The molecule has 0 atom stereocenters. The van der Waals surface area contributed by atoms with Crippen LogP contribution in [0.4, 0.5) is 4.39 Å². The first-order chi connectivity index (χ1) is 10.9. The number of rotatable bonds is 5. The molecule has 1 saturated heterocycles. The van der Waals surface area contributed by atoms with Gasteiger partial charge in [-0.05, 0) is 6.42 Å². The first-order valence-electron chi connectivity index (χ1n) is 7.00. The number of nitrogens with zero attached hydrogens (tertiary/aromatic N) is 5. The molecule has 0 bridgehead atoms. The van der Waals surface area contributed by atoms with Gasteiger partial charge in [0.25, 0.3) is 5.96 Å². The first kappa shape index (κ1) is 17.1. The molecule has 0 aliphatic carbocycles. The van der Waals surface area contributed by atoms with E-state index >= 15 is 0 Å². The maximum absolute atomic E-state index is 13.9. The Morgan fingerprint density at radius 1 is 1.57 bits per heavy atom. The summed E-state index contributed by atoms with van der Waals surface area (Å²) in [6, 6.07) is 1.07. The van der Waals surface area contributed by atoms with Crippen LogP contribution in [0, 0.1) is 15.9 Å². The van der Waals surface area contributed by atoms with Gasteiger partial charge in [0.15, 0.2) is 5.03 Å². The molecule has 23 heavy (non-hydrogen) atoms. The van der Waals surface area contributed by atoms with E-state index in [0.29, 0.717) is 13.0 Å². The summed E-state index contributed by atoms with van der Waals surface area (Å²) in [5, 5.41) is 13.2. The minimum atomic E-state index is -0.865. The summed E-state index contributed by atoms with van der Waals surface area (Å²) >= 11 is 5.60. The molecule has 0 saturated carbocycles. The van der Waals surface area contributed by atoms with Crippen molar-refractivity contribution in [2.45, 2.75) is 26.3 Å². The molecule has 1 aliphatic rings. The van der Waals surface area contributed by atoms with Crippen molar-refractivity contribution in [1.82, 2.24) is 14.8 Å². The molecule has 1 aromatic heterocycles. The van der Waals surface area contributed by atoms with Gasteiger partial charge in [-0.25, -0.2) is 19.5 Å². The molecule has 0 aromatic carbocycles. The molecule has 2 rings (SSSR count). The summed E-state index contributed by atoms with van der Waals surface area (Å²) in [7, 11) is 0. The van der Waals surface area contributed by atoms with Gasteiger partial charge in [0.05, 0.1) is 6.54 Å². The summed E-state index contributed by atoms with van der Waals surface area (Å²) in [6.07, 6.45) is 2.15. The Morgan fingerprint density at radius 3 is 2.91 bits per heavy atom. The predicted molar refractivity (Wildman–Crippen MR) is 80.7 cm³/mol. The van der Waals surface area contributed by atoms with Crippen LogP contribution in [0.1, 0.15) is 25.3 Å². The largest absolute Gasteiger partial charge is 0.331 e.